The highest BCUT2D eigenvalue weighted by Crippen LogP contribution is 2.34. The maximum absolute atomic E-state index is 10.9. The van der Waals surface area contributed by atoms with Crippen molar-refractivity contribution in [3.8, 4) is 5.75 Å². The van der Waals surface area contributed by atoms with Crippen molar-refractivity contribution in [3.63, 3.8) is 0 Å². The molecule has 1 aromatic carbocycles. The molecule has 0 atom stereocenters. The van der Waals surface area contributed by atoms with Gasteiger partial charge in [0.25, 0.3) is 0 Å². The highest BCUT2D eigenvalue weighted by Gasteiger charge is 2.21. The number of hydrogen-bond acceptors (Lipinski definition) is 7. The first-order valence-electron chi connectivity index (χ1n) is 7.90. The third-order valence-corrected chi connectivity index (χ3v) is 4.57. The molecule has 9 heteroatoms. The van der Waals surface area contributed by atoms with Gasteiger partial charge in [-0.05, 0) is 36.3 Å². The van der Waals surface area contributed by atoms with Crippen LogP contribution >= 0.6 is 28.0 Å². The fourth-order valence-electron chi connectivity index (χ4n) is 2.21. The van der Waals surface area contributed by atoms with Crippen LogP contribution in [0.1, 0.15) is 37.7 Å². The molecule has 0 bridgehead atoms. The van der Waals surface area contributed by atoms with Crippen LogP contribution in [0.3, 0.4) is 0 Å². The lowest BCUT2D eigenvalue weighted by molar-refractivity contribution is -0.259. The first kappa shape index (κ1) is 20.1. The number of hydrogen-bond donors (Lipinski definition) is 2. The molecule has 1 aromatic rings. The van der Waals surface area contributed by atoms with Crippen LogP contribution in [0.25, 0.3) is 6.08 Å². The van der Waals surface area contributed by atoms with Gasteiger partial charge in [-0.3, -0.25) is 10.0 Å². The van der Waals surface area contributed by atoms with Gasteiger partial charge < -0.3 is 9.57 Å². The Hall–Kier alpha value is -1.26. The Balaban J connectivity index is 1.72. The Bertz CT molecular complexity index is 614. The van der Waals surface area contributed by atoms with Crippen LogP contribution in [-0.4, -0.2) is 30.0 Å². The zero-order valence-electron chi connectivity index (χ0n) is 13.9. The van der Waals surface area contributed by atoms with Crippen molar-refractivity contribution in [3.05, 3.63) is 33.3 Å². The summed E-state index contributed by atoms with van der Waals surface area (Å²) >= 11 is 4.57. The monoisotopic (exact) mass is 432 g/mol. The molecule has 138 valence electrons. The summed E-state index contributed by atoms with van der Waals surface area (Å²) < 4.78 is 11.7. The summed E-state index contributed by atoms with van der Waals surface area (Å²) in [5.41, 5.74) is 2.53. The van der Waals surface area contributed by atoms with E-state index in [-0.39, 0.29) is 5.91 Å². The summed E-state index contributed by atoms with van der Waals surface area (Å²) in [4.78, 5) is 16.5. The molecule has 0 unspecified atom stereocenters. The first-order chi connectivity index (χ1) is 12.1. The van der Waals surface area contributed by atoms with Crippen LogP contribution < -0.4 is 10.2 Å². The number of rotatable bonds is 9. The molecule has 7 nitrogen and oxygen atoms in total. The minimum atomic E-state index is -0.347. The number of benzene rings is 1. The van der Waals surface area contributed by atoms with Crippen molar-refractivity contribution in [2.75, 3.05) is 13.7 Å². The number of nitrogens with one attached hydrogen (secondary N) is 1. The SMILES string of the molecule is COc1cc(Br)ccc1/C=C1/ON(CCCCCCC(=O)NO)OS1. The van der Waals surface area contributed by atoms with E-state index in [1.807, 2.05) is 24.3 Å². The summed E-state index contributed by atoms with van der Waals surface area (Å²) in [6.45, 7) is 0.633. The van der Waals surface area contributed by atoms with E-state index in [1.54, 1.807) is 12.6 Å². The minimum Gasteiger partial charge on any atom is -0.496 e. The van der Waals surface area contributed by atoms with Crippen LogP contribution in [-0.2, 0) is 13.9 Å². The summed E-state index contributed by atoms with van der Waals surface area (Å²) in [6.07, 6.45) is 5.70. The second-order valence-electron chi connectivity index (χ2n) is 5.35. The lowest BCUT2D eigenvalue weighted by atomic mass is 10.1. The van der Waals surface area contributed by atoms with Crippen molar-refractivity contribution in [2.24, 2.45) is 0 Å². The standard InChI is InChI=1S/C16H21BrN2O5S/c1-22-14-11-13(17)8-7-12(14)10-16-23-19(24-25-16)9-5-3-2-4-6-15(20)18-21/h7-8,10-11,21H,2-6,9H2,1H3,(H,18,20)/b16-10-. The number of amides is 1. The summed E-state index contributed by atoms with van der Waals surface area (Å²) in [5, 5.41) is 10.5. The summed E-state index contributed by atoms with van der Waals surface area (Å²) in [5.74, 6) is 0.400. The molecule has 0 radical (unpaired) electrons. The Labute approximate surface area is 159 Å². The number of methoxy groups -OCH3 is 1. The molecule has 25 heavy (non-hydrogen) atoms. The Morgan fingerprint density at radius 1 is 1.40 bits per heavy atom. The Morgan fingerprint density at radius 3 is 2.96 bits per heavy atom. The van der Waals surface area contributed by atoms with Gasteiger partial charge in [0.1, 0.15) is 5.75 Å². The third kappa shape index (κ3) is 6.87. The number of ether oxygens (including phenoxy) is 1. The zero-order valence-corrected chi connectivity index (χ0v) is 16.3. The molecule has 0 aliphatic carbocycles. The molecule has 2 rings (SSSR count). The molecule has 1 fully saturated rings. The largest absolute Gasteiger partial charge is 0.496 e. The molecule has 1 aliphatic rings. The van der Waals surface area contributed by atoms with E-state index >= 15 is 0 Å². The molecule has 2 N–H and O–H groups in total. The third-order valence-electron chi connectivity index (χ3n) is 3.48. The summed E-state index contributed by atoms with van der Waals surface area (Å²) in [7, 11) is 1.62. The predicted molar refractivity (Wildman–Crippen MR) is 98.2 cm³/mol. The van der Waals surface area contributed by atoms with Crippen LogP contribution in [0.5, 0.6) is 5.75 Å². The van der Waals surface area contributed by atoms with E-state index in [1.165, 1.54) is 5.23 Å². The van der Waals surface area contributed by atoms with Gasteiger partial charge in [-0.1, -0.05) is 28.8 Å². The number of nitrogens with zero attached hydrogens (tertiary/aromatic N) is 1. The second-order valence-corrected chi connectivity index (χ2v) is 6.99. The van der Waals surface area contributed by atoms with Crippen LogP contribution in [0.2, 0.25) is 0 Å². The number of carbonyl (C=O) groups is 1. The topological polar surface area (TPSA) is 80.3 Å². The lowest BCUT2D eigenvalue weighted by Crippen LogP contribution is -2.18. The van der Waals surface area contributed by atoms with Gasteiger partial charge in [-0.15, -0.1) is 0 Å². The van der Waals surface area contributed by atoms with E-state index in [2.05, 4.69) is 15.9 Å². The smallest absolute Gasteiger partial charge is 0.243 e. The molecule has 1 aliphatic heterocycles. The van der Waals surface area contributed by atoms with Crippen LogP contribution in [0.15, 0.2) is 27.8 Å². The highest BCUT2D eigenvalue weighted by atomic mass is 79.9. The van der Waals surface area contributed by atoms with E-state index in [0.717, 1.165) is 53.5 Å². The van der Waals surface area contributed by atoms with Gasteiger partial charge in [0, 0.05) is 22.5 Å². The number of halogens is 1. The number of carbonyl (C=O) groups excluding carboxylic acids is 1. The second kappa shape index (κ2) is 10.7. The molecule has 0 saturated carbocycles. The van der Waals surface area contributed by atoms with Crippen LogP contribution in [0, 0.1) is 0 Å². The van der Waals surface area contributed by atoms with Crippen molar-refractivity contribution < 1.29 is 23.9 Å². The quantitative estimate of drug-likeness (QED) is 0.263. The van der Waals surface area contributed by atoms with Crippen molar-refractivity contribution in [1.29, 1.82) is 0 Å². The van der Waals surface area contributed by atoms with Gasteiger partial charge in [0.15, 0.2) is 0 Å². The average Bonchev–Trinajstić information content (AvgIpc) is 3.06. The van der Waals surface area contributed by atoms with E-state index in [4.69, 9.17) is 19.1 Å². The molecule has 0 aromatic heterocycles. The van der Waals surface area contributed by atoms with E-state index < -0.39 is 0 Å². The molecular formula is C16H21BrN2O5S. The molecular weight excluding hydrogens is 412 g/mol. The minimum absolute atomic E-state index is 0.338. The predicted octanol–water partition coefficient (Wildman–Crippen LogP) is 4.04. The Morgan fingerprint density at radius 2 is 2.20 bits per heavy atom. The van der Waals surface area contributed by atoms with Gasteiger partial charge in [0.05, 0.1) is 25.7 Å². The van der Waals surface area contributed by atoms with Gasteiger partial charge in [-0.2, -0.15) is 4.28 Å². The van der Waals surface area contributed by atoms with E-state index in [9.17, 15) is 4.79 Å². The fourth-order valence-corrected chi connectivity index (χ4v) is 3.10. The van der Waals surface area contributed by atoms with Crippen LogP contribution in [0.4, 0.5) is 0 Å². The normalized spacial score (nSPS) is 16.0. The average molecular weight is 433 g/mol. The fraction of sp³-hybridized carbons (Fsp3) is 0.438. The van der Waals surface area contributed by atoms with Crippen molar-refractivity contribution in [2.45, 2.75) is 32.1 Å². The molecule has 1 amide bonds. The Kier molecular flexibility index (Phi) is 8.56. The molecule has 0 spiro atoms. The first-order valence-corrected chi connectivity index (χ1v) is 9.44. The lowest BCUT2D eigenvalue weighted by Gasteiger charge is -2.10. The van der Waals surface area contributed by atoms with Gasteiger partial charge >= 0.3 is 0 Å². The van der Waals surface area contributed by atoms with Crippen molar-refractivity contribution >= 4 is 40.0 Å². The number of unbranched alkanes of at least 4 members (excludes halogenated alkanes) is 3. The molecule has 1 saturated heterocycles. The molecule has 1 heterocycles. The maximum atomic E-state index is 10.9. The maximum Gasteiger partial charge on any atom is 0.243 e. The van der Waals surface area contributed by atoms with Crippen molar-refractivity contribution in [1.82, 2.24) is 10.7 Å². The zero-order chi connectivity index (χ0) is 18.1. The number of hydroxylamine groups is 3. The summed E-state index contributed by atoms with van der Waals surface area (Å²) in [6, 6.07) is 5.76. The van der Waals surface area contributed by atoms with Gasteiger partial charge in [-0.25, -0.2) is 5.48 Å². The van der Waals surface area contributed by atoms with Gasteiger partial charge in [0.2, 0.25) is 11.0 Å². The highest BCUT2D eigenvalue weighted by molar-refractivity contribution is 9.10. The van der Waals surface area contributed by atoms with E-state index in [0.29, 0.717) is 18.1 Å².